The molecule has 0 unspecified atom stereocenters. The summed E-state index contributed by atoms with van der Waals surface area (Å²) < 4.78 is 18.8. The fraction of sp³-hybridized carbons (Fsp3) is 0.257. The van der Waals surface area contributed by atoms with E-state index < -0.39 is 6.04 Å². The highest BCUT2D eigenvalue weighted by atomic mass is 32.1. The molecule has 0 aliphatic carbocycles. The van der Waals surface area contributed by atoms with Crippen LogP contribution >= 0.6 is 11.3 Å². The summed E-state index contributed by atoms with van der Waals surface area (Å²) in [4.78, 5) is 47.4. The number of likely N-dealkylation sites (tertiary alicyclic amines) is 1. The average Bonchev–Trinajstić information content (AvgIpc) is 3.72. The molecule has 46 heavy (non-hydrogen) atoms. The number of hydrogen-bond donors (Lipinski definition) is 1. The molecule has 1 N–H and O–H groups in total. The third-order valence-electron chi connectivity index (χ3n) is 8.00. The van der Waals surface area contributed by atoms with Crippen LogP contribution in [-0.2, 0) is 9.59 Å². The number of carbonyl (C=O) groups excluding carboxylic acids is 2. The van der Waals surface area contributed by atoms with Gasteiger partial charge in [0.1, 0.15) is 5.75 Å². The summed E-state index contributed by atoms with van der Waals surface area (Å²) in [5, 5.41) is 2.96. The van der Waals surface area contributed by atoms with E-state index in [1.807, 2.05) is 42.5 Å². The molecule has 0 saturated carbocycles. The summed E-state index contributed by atoms with van der Waals surface area (Å²) in [6.45, 7) is 3.22. The maximum absolute atomic E-state index is 14.1. The van der Waals surface area contributed by atoms with Crippen LogP contribution in [0.4, 0.5) is 5.69 Å². The first-order valence-electron chi connectivity index (χ1n) is 15.0. The van der Waals surface area contributed by atoms with Gasteiger partial charge in [-0.05, 0) is 73.4 Å². The molecule has 10 nitrogen and oxygen atoms in total. The van der Waals surface area contributed by atoms with Crippen molar-refractivity contribution in [3.05, 3.63) is 115 Å². The van der Waals surface area contributed by atoms with Crippen molar-refractivity contribution in [3.8, 4) is 17.2 Å². The lowest BCUT2D eigenvalue weighted by Gasteiger charge is -2.25. The third-order valence-corrected chi connectivity index (χ3v) is 8.99. The Hall–Kier alpha value is -5.16. The Morgan fingerprint density at radius 3 is 2.50 bits per heavy atom. The Morgan fingerprint density at radius 1 is 0.978 bits per heavy atom. The van der Waals surface area contributed by atoms with Crippen molar-refractivity contribution in [1.29, 1.82) is 0 Å². The van der Waals surface area contributed by atoms with Crippen LogP contribution in [0.2, 0.25) is 0 Å². The molecule has 2 amide bonds. The zero-order valence-corrected chi connectivity index (χ0v) is 26.6. The molecule has 6 rings (SSSR count). The predicted molar refractivity (Wildman–Crippen MR) is 176 cm³/mol. The van der Waals surface area contributed by atoms with Crippen LogP contribution in [0.1, 0.15) is 36.9 Å². The van der Waals surface area contributed by atoms with Crippen LogP contribution in [0, 0.1) is 0 Å². The van der Waals surface area contributed by atoms with Gasteiger partial charge in [-0.15, -0.1) is 0 Å². The molecule has 2 aliphatic rings. The summed E-state index contributed by atoms with van der Waals surface area (Å²) >= 11 is 1.24. The molecule has 2 aliphatic heterocycles. The van der Waals surface area contributed by atoms with E-state index in [4.69, 9.17) is 19.2 Å². The monoisotopic (exact) mass is 638 g/mol. The largest absolute Gasteiger partial charge is 0.497 e. The summed E-state index contributed by atoms with van der Waals surface area (Å²) in [5.74, 6) is 1.09. The number of rotatable bonds is 9. The molecular weight excluding hydrogens is 604 g/mol. The minimum Gasteiger partial charge on any atom is -0.497 e. The van der Waals surface area contributed by atoms with E-state index in [2.05, 4.69) is 5.32 Å². The molecule has 3 heterocycles. The van der Waals surface area contributed by atoms with Crippen molar-refractivity contribution in [3.63, 3.8) is 0 Å². The highest BCUT2D eigenvalue weighted by molar-refractivity contribution is 7.07. The number of anilines is 1. The molecule has 3 aromatic carbocycles. The minimum atomic E-state index is -0.740. The number of thiazole rings is 1. The lowest BCUT2D eigenvalue weighted by molar-refractivity contribution is -0.132. The van der Waals surface area contributed by atoms with Gasteiger partial charge < -0.3 is 24.4 Å². The van der Waals surface area contributed by atoms with Crippen LogP contribution in [0.3, 0.4) is 0 Å². The van der Waals surface area contributed by atoms with Crippen molar-refractivity contribution in [1.82, 2.24) is 9.47 Å². The van der Waals surface area contributed by atoms with Gasteiger partial charge in [0.2, 0.25) is 0 Å². The number of methoxy groups -OCH3 is 2. The number of ether oxygens (including phenoxy) is 3. The Labute approximate surface area is 269 Å². The number of fused-ring (bicyclic) bond motifs is 1. The Morgan fingerprint density at radius 2 is 1.76 bits per heavy atom. The average molecular weight is 639 g/mol. The fourth-order valence-corrected chi connectivity index (χ4v) is 6.75. The molecule has 0 radical (unpaired) electrons. The predicted octanol–water partition coefficient (Wildman–Crippen LogP) is 3.89. The lowest BCUT2D eigenvalue weighted by atomic mass is 9.95. The van der Waals surface area contributed by atoms with E-state index in [1.54, 1.807) is 59.9 Å². The van der Waals surface area contributed by atoms with Gasteiger partial charge in [0.15, 0.2) is 22.9 Å². The molecule has 1 atom stereocenters. The van der Waals surface area contributed by atoms with Crippen LogP contribution in [0.5, 0.6) is 17.2 Å². The lowest BCUT2D eigenvalue weighted by Crippen LogP contribution is -2.40. The highest BCUT2D eigenvalue weighted by Gasteiger charge is 2.33. The Bertz CT molecular complexity index is 1990. The van der Waals surface area contributed by atoms with Gasteiger partial charge in [-0.3, -0.25) is 19.0 Å². The second kappa shape index (κ2) is 13.5. The van der Waals surface area contributed by atoms with Gasteiger partial charge in [-0.2, -0.15) is 0 Å². The smallest absolute Gasteiger partial charge is 0.271 e. The highest BCUT2D eigenvalue weighted by Crippen LogP contribution is 2.33. The molecular formula is C35H34N4O6S. The van der Waals surface area contributed by atoms with Crippen LogP contribution in [0.25, 0.3) is 6.08 Å². The summed E-state index contributed by atoms with van der Waals surface area (Å²) in [5.41, 5.74) is 2.65. The van der Waals surface area contributed by atoms with Crippen molar-refractivity contribution < 1.29 is 23.8 Å². The molecule has 4 aromatic rings. The summed E-state index contributed by atoms with van der Waals surface area (Å²) in [6, 6.07) is 21.1. The maximum Gasteiger partial charge on any atom is 0.271 e. The number of nitrogens with one attached hydrogen (secondary N) is 1. The Balaban J connectivity index is 1.37. The standard InChI is InChI=1S/C35H34N4O6S/c1-22-31(33(41)37-25-11-5-4-6-12-25)32(24-10-9-13-26(20-24)43-2)39-34(42)29(46-35(39)36-22)19-23-14-15-27(28(18-23)44-3)45-21-30(40)38-16-7-8-17-38/h4-6,9-15,18-20,32H,7-8,16-17,21H2,1-3H3,(H,37,41)/b29-19+/t32-/m1/s1. The van der Waals surface area contributed by atoms with Gasteiger partial charge in [0.05, 0.1) is 36.1 Å². The molecule has 1 fully saturated rings. The second-order valence-electron chi connectivity index (χ2n) is 11.0. The summed E-state index contributed by atoms with van der Waals surface area (Å²) in [7, 11) is 3.10. The SMILES string of the molecule is COc1cccc([C@@H]2C(C(=O)Nc3ccccc3)=C(C)N=c3s/c(=C/c4ccc(OCC(=O)N5CCCC5)c(OC)c4)c(=O)n32)c1. The van der Waals surface area contributed by atoms with E-state index in [1.165, 1.54) is 18.4 Å². The molecule has 1 saturated heterocycles. The van der Waals surface area contributed by atoms with Crippen molar-refractivity contribution in [2.75, 3.05) is 39.2 Å². The van der Waals surface area contributed by atoms with Gasteiger partial charge in [-0.1, -0.05) is 47.7 Å². The number of benzene rings is 3. The van der Waals surface area contributed by atoms with Gasteiger partial charge in [-0.25, -0.2) is 4.99 Å². The second-order valence-corrected chi connectivity index (χ2v) is 12.0. The van der Waals surface area contributed by atoms with E-state index >= 15 is 0 Å². The normalized spacial score (nSPS) is 16.1. The van der Waals surface area contributed by atoms with Crippen molar-refractivity contribution in [2.45, 2.75) is 25.8 Å². The van der Waals surface area contributed by atoms with Crippen LogP contribution in [0.15, 0.2) is 93.9 Å². The van der Waals surface area contributed by atoms with E-state index in [0.29, 0.717) is 54.7 Å². The number of aromatic nitrogens is 1. The topological polar surface area (TPSA) is 111 Å². The fourth-order valence-electron chi connectivity index (χ4n) is 5.70. The van der Waals surface area contributed by atoms with E-state index in [0.717, 1.165) is 25.9 Å². The van der Waals surface area contributed by atoms with Crippen LogP contribution < -0.4 is 34.4 Å². The van der Waals surface area contributed by atoms with Gasteiger partial charge in [0.25, 0.3) is 17.4 Å². The first kappa shape index (κ1) is 30.8. The molecule has 0 bridgehead atoms. The first-order valence-corrected chi connectivity index (χ1v) is 15.8. The maximum atomic E-state index is 14.1. The third kappa shape index (κ3) is 6.32. The quantitative estimate of drug-likeness (QED) is 0.298. The minimum absolute atomic E-state index is 0.0533. The number of hydrogen-bond acceptors (Lipinski definition) is 8. The number of allylic oxidation sites excluding steroid dienone is 1. The van der Waals surface area contributed by atoms with Gasteiger partial charge >= 0.3 is 0 Å². The number of nitrogens with zero attached hydrogens (tertiary/aromatic N) is 3. The summed E-state index contributed by atoms with van der Waals surface area (Å²) in [6.07, 6.45) is 3.78. The molecule has 11 heteroatoms. The zero-order chi connectivity index (χ0) is 32.2. The first-order chi connectivity index (χ1) is 22.4. The number of para-hydroxylation sites is 1. The number of carbonyl (C=O) groups is 2. The molecule has 0 spiro atoms. The van der Waals surface area contributed by atoms with Crippen molar-refractivity contribution >= 4 is 34.9 Å². The van der Waals surface area contributed by atoms with Crippen molar-refractivity contribution in [2.24, 2.45) is 4.99 Å². The van der Waals surface area contributed by atoms with Gasteiger partial charge in [0, 0.05) is 18.8 Å². The molecule has 1 aromatic heterocycles. The van der Waals surface area contributed by atoms with E-state index in [-0.39, 0.29) is 24.0 Å². The number of amides is 2. The Kier molecular flexibility index (Phi) is 9.02. The van der Waals surface area contributed by atoms with Crippen LogP contribution in [-0.4, -0.2) is 55.2 Å². The zero-order valence-electron chi connectivity index (χ0n) is 25.8. The molecule has 236 valence electrons. The van der Waals surface area contributed by atoms with E-state index in [9.17, 15) is 14.4 Å².